The molecule has 0 saturated carbocycles. The van der Waals surface area contributed by atoms with E-state index in [1.165, 1.54) is 6.92 Å². The summed E-state index contributed by atoms with van der Waals surface area (Å²) in [5, 5.41) is 10.9. The maximum absolute atomic E-state index is 12.3. The number of ketones is 1. The monoisotopic (exact) mass is 294 g/mol. The van der Waals surface area contributed by atoms with Crippen LogP contribution in [-0.2, 0) is 4.79 Å². The zero-order valence-corrected chi connectivity index (χ0v) is 11.9. The Bertz CT molecular complexity index is 894. The molecular formula is C18H14O4. The fourth-order valence-electron chi connectivity index (χ4n) is 2.65. The average molecular weight is 294 g/mol. The second-order valence-electron chi connectivity index (χ2n) is 5.10. The molecule has 0 spiro atoms. The number of rotatable bonds is 3. The Kier molecular flexibility index (Phi) is 3.51. The van der Waals surface area contributed by atoms with E-state index >= 15 is 0 Å². The van der Waals surface area contributed by atoms with Crippen molar-refractivity contribution in [3.63, 3.8) is 0 Å². The summed E-state index contributed by atoms with van der Waals surface area (Å²) in [7, 11) is 0. The fraction of sp³-hybridized carbons (Fsp3) is 0.111. The number of carbonyl (C=O) groups excluding carboxylic acids is 1. The summed E-state index contributed by atoms with van der Waals surface area (Å²) in [5.74, 6) is -1.28. The Morgan fingerprint density at radius 3 is 2.36 bits per heavy atom. The molecule has 0 aliphatic heterocycles. The molecule has 1 N–H and O–H groups in total. The summed E-state index contributed by atoms with van der Waals surface area (Å²) < 4.78 is 5.26. The van der Waals surface area contributed by atoms with Gasteiger partial charge in [0.15, 0.2) is 0 Å². The number of hydrogen-bond donors (Lipinski definition) is 1. The van der Waals surface area contributed by atoms with E-state index in [1.807, 2.05) is 6.07 Å². The lowest BCUT2D eigenvalue weighted by molar-refractivity contribution is -0.117. The zero-order chi connectivity index (χ0) is 15.7. The second kappa shape index (κ2) is 5.48. The van der Waals surface area contributed by atoms with Crippen molar-refractivity contribution in [1.29, 1.82) is 0 Å². The van der Waals surface area contributed by atoms with Gasteiger partial charge in [-0.15, -0.1) is 0 Å². The molecule has 22 heavy (non-hydrogen) atoms. The van der Waals surface area contributed by atoms with Crippen LogP contribution in [-0.4, -0.2) is 10.9 Å². The van der Waals surface area contributed by atoms with E-state index in [-0.39, 0.29) is 17.1 Å². The minimum atomic E-state index is -0.845. The van der Waals surface area contributed by atoms with Crippen LogP contribution in [0.25, 0.3) is 11.0 Å². The van der Waals surface area contributed by atoms with Crippen LogP contribution >= 0.6 is 0 Å². The first-order valence-electron chi connectivity index (χ1n) is 6.89. The normalized spacial score (nSPS) is 12.2. The van der Waals surface area contributed by atoms with E-state index in [0.29, 0.717) is 16.5 Å². The molecule has 1 atom stereocenters. The molecule has 3 aromatic rings. The Morgan fingerprint density at radius 1 is 1.05 bits per heavy atom. The topological polar surface area (TPSA) is 67.5 Å². The van der Waals surface area contributed by atoms with Crippen molar-refractivity contribution in [1.82, 2.24) is 0 Å². The van der Waals surface area contributed by atoms with Gasteiger partial charge in [-0.3, -0.25) is 4.79 Å². The number of carbonyl (C=O) groups is 1. The van der Waals surface area contributed by atoms with E-state index in [2.05, 4.69) is 0 Å². The van der Waals surface area contributed by atoms with Crippen LogP contribution < -0.4 is 5.63 Å². The van der Waals surface area contributed by atoms with Crippen molar-refractivity contribution in [2.75, 3.05) is 0 Å². The van der Waals surface area contributed by atoms with E-state index in [0.717, 1.165) is 0 Å². The predicted molar refractivity (Wildman–Crippen MR) is 83.1 cm³/mol. The van der Waals surface area contributed by atoms with E-state index < -0.39 is 11.5 Å². The number of benzene rings is 2. The molecule has 110 valence electrons. The van der Waals surface area contributed by atoms with Gasteiger partial charge in [-0.05, 0) is 24.6 Å². The van der Waals surface area contributed by atoms with Crippen molar-refractivity contribution in [2.24, 2.45) is 0 Å². The summed E-state index contributed by atoms with van der Waals surface area (Å²) >= 11 is 0. The number of hydrogen-bond acceptors (Lipinski definition) is 4. The van der Waals surface area contributed by atoms with Crippen molar-refractivity contribution in [3.8, 4) is 5.75 Å². The molecule has 0 aliphatic rings. The Hall–Kier alpha value is -2.88. The maximum Gasteiger partial charge on any atom is 0.344 e. The van der Waals surface area contributed by atoms with Gasteiger partial charge in [-0.2, -0.15) is 0 Å². The molecule has 4 nitrogen and oxygen atoms in total. The highest BCUT2D eigenvalue weighted by molar-refractivity contribution is 5.91. The second-order valence-corrected chi connectivity index (χ2v) is 5.10. The van der Waals surface area contributed by atoms with Crippen LogP contribution in [0.4, 0.5) is 0 Å². The van der Waals surface area contributed by atoms with Gasteiger partial charge >= 0.3 is 5.63 Å². The molecule has 4 heteroatoms. The minimum Gasteiger partial charge on any atom is -0.507 e. The van der Waals surface area contributed by atoms with Gasteiger partial charge in [-0.25, -0.2) is 4.79 Å². The van der Waals surface area contributed by atoms with Crippen LogP contribution in [0.5, 0.6) is 5.75 Å². The predicted octanol–water partition coefficient (Wildman–Crippen LogP) is 3.22. The smallest absolute Gasteiger partial charge is 0.344 e. The van der Waals surface area contributed by atoms with Gasteiger partial charge in [0.05, 0.1) is 16.9 Å². The first-order valence-corrected chi connectivity index (χ1v) is 6.89. The van der Waals surface area contributed by atoms with Gasteiger partial charge in [0.1, 0.15) is 17.1 Å². The largest absolute Gasteiger partial charge is 0.507 e. The first kappa shape index (κ1) is 14.1. The lowest BCUT2D eigenvalue weighted by atomic mass is 9.88. The van der Waals surface area contributed by atoms with Crippen molar-refractivity contribution < 1.29 is 14.3 Å². The highest BCUT2D eigenvalue weighted by Gasteiger charge is 2.27. The molecule has 1 heterocycles. The third-order valence-electron chi connectivity index (χ3n) is 3.65. The molecule has 0 unspecified atom stereocenters. The molecule has 0 radical (unpaired) electrons. The standard InChI is InChI=1S/C18H14O4/c1-11(19)15(12-7-3-2-4-8-12)16-17(20)13-9-5-6-10-14(13)22-18(16)21/h2-10,15,20H,1H3/t15-/m1/s1. The van der Waals surface area contributed by atoms with E-state index in [9.17, 15) is 14.7 Å². The van der Waals surface area contributed by atoms with Crippen molar-refractivity contribution in [3.05, 3.63) is 76.1 Å². The summed E-state index contributed by atoms with van der Waals surface area (Å²) in [4.78, 5) is 24.4. The van der Waals surface area contributed by atoms with Gasteiger partial charge in [-0.1, -0.05) is 42.5 Å². The van der Waals surface area contributed by atoms with Crippen LogP contribution in [0.15, 0.2) is 63.8 Å². The average Bonchev–Trinajstić information content (AvgIpc) is 2.52. The van der Waals surface area contributed by atoms with E-state index in [4.69, 9.17) is 4.42 Å². The Balaban J connectivity index is 2.32. The van der Waals surface area contributed by atoms with Gasteiger partial charge < -0.3 is 9.52 Å². The molecule has 0 bridgehead atoms. The zero-order valence-electron chi connectivity index (χ0n) is 11.9. The molecule has 2 aromatic carbocycles. The maximum atomic E-state index is 12.3. The Morgan fingerprint density at radius 2 is 1.68 bits per heavy atom. The highest BCUT2D eigenvalue weighted by Crippen LogP contribution is 2.34. The molecule has 1 aromatic heterocycles. The van der Waals surface area contributed by atoms with Crippen molar-refractivity contribution >= 4 is 16.8 Å². The molecule has 0 saturated heterocycles. The summed E-state index contributed by atoms with van der Waals surface area (Å²) in [6.07, 6.45) is 0. The lowest BCUT2D eigenvalue weighted by Gasteiger charge is -2.15. The highest BCUT2D eigenvalue weighted by atomic mass is 16.4. The quantitative estimate of drug-likeness (QED) is 0.753. The molecule has 0 amide bonds. The summed E-state index contributed by atoms with van der Waals surface area (Å²) in [5.41, 5.74) is 0.231. The number of para-hydroxylation sites is 1. The fourth-order valence-corrected chi connectivity index (χ4v) is 2.65. The van der Waals surface area contributed by atoms with Crippen molar-refractivity contribution in [2.45, 2.75) is 12.8 Å². The van der Waals surface area contributed by atoms with Crippen LogP contribution in [0.2, 0.25) is 0 Å². The van der Waals surface area contributed by atoms with E-state index in [1.54, 1.807) is 48.5 Å². The first-order chi connectivity index (χ1) is 10.6. The van der Waals surface area contributed by atoms with Crippen LogP contribution in [0.1, 0.15) is 24.0 Å². The van der Waals surface area contributed by atoms with Crippen LogP contribution in [0, 0.1) is 0 Å². The molecule has 0 fully saturated rings. The van der Waals surface area contributed by atoms with Crippen LogP contribution in [0.3, 0.4) is 0 Å². The number of aromatic hydroxyl groups is 1. The SMILES string of the molecule is CC(=O)[C@H](c1ccccc1)c1c(O)c2ccccc2oc1=O. The van der Waals surface area contributed by atoms with Gasteiger partial charge in [0, 0.05) is 0 Å². The number of Topliss-reactive ketones (excluding diaryl/α,β-unsaturated/α-hetero) is 1. The lowest BCUT2D eigenvalue weighted by Crippen LogP contribution is -2.19. The Labute approximate surface area is 126 Å². The molecular weight excluding hydrogens is 280 g/mol. The third kappa shape index (κ3) is 2.29. The minimum absolute atomic E-state index is 0.0163. The third-order valence-corrected chi connectivity index (χ3v) is 3.65. The summed E-state index contributed by atoms with van der Waals surface area (Å²) in [6.45, 7) is 1.39. The number of fused-ring (bicyclic) bond motifs is 1. The van der Waals surface area contributed by atoms with Gasteiger partial charge in [0.2, 0.25) is 0 Å². The molecule has 0 aliphatic carbocycles. The molecule has 3 rings (SSSR count). The van der Waals surface area contributed by atoms with Gasteiger partial charge in [0.25, 0.3) is 0 Å². The summed E-state index contributed by atoms with van der Waals surface area (Å²) in [6, 6.07) is 15.6.